The number of nitrogens with one attached hydrogen (secondary N) is 1. The zero-order chi connectivity index (χ0) is 19.4. The van der Waals surface area contributed by atoms with Gasteiger partial charge >= 0.3 is 0 Å². The van der Waals surface area contributed by atoms with Crippen molar-refractivity contribution in [1.82, 2.24) is 4.98 Å². The number of benzene rings is 1. The zero-order valence-corrected chi connectivity index (χ0v) is 16.1. The Morgan fingerprint density at radius 3 is 2.63 bits per heavy atom. The van der Waals surface area contributed by atoms with Gasteiger partial charge in [-0.15, -0.1) is 0 Å². The lowest BCUT2D eigenvalue weighted by Gasteiger charge is -2.16. The molecule has 0 saturated carbocycles. The highest BCUT2D eigenvalue weighted by atomic mass is 32.2. The van der Waals surface area contributed by atoms with Crippen LogP contribution in [-0.2, 0) is 27.7 Å². The van der Waals surface area contributed by atoms with Crippen molar-refractivity contribution in [2.45, 2.75) is 35.6 Å². The van der Waals surface area contributed by atoms with Crippen LogP contribution in [0, 0.1) is 11.3 Å². The van der Waals surface area contributed by atoms with Crippen LogP contribution in [0.4, 0.5) is 5.69 Å². The molecule has 0 atom stereocenters. The minimum absolute atomic E-state index is 0.0215. The fourth-order valence-electron chi connectivity index (χ4n) is 2.86. The van der Waals surface area contributed by atoms with Crippen molar-refractivity contribution in [2.75, 3.05) is 11.1 Å². The molecule has 3 rings (SSSR count). The average molecular weight is 403 g/mol. The maximum Gasteiger partial charge on any atom is 0.238 e. The molecular weight excluding hydrogens is 384 g/mol. The van der Waals surface area contributed by atoms with Crippen LogP contribution < -0.4 is 10.5 Å². The molecule has 2 aromatic rings. The van der Waals surface area contributed by atoms with E-state index in [2.05, 4.69) is 16.4 Å². The smallest absolute Gasteiger partial charge is 0.238 e. The summed E-state index contributed by atoms with van der Waals surface area (Å²) < 4.78 is 22.5. The minimum Gasteiger partial charge on any atom is -0.325 e. The van der Waals surface area contributed by atoms with E-state index >= 15 is 0 Å². The van der Waals surface area contributed by atoms with Crippen molar-refractivity contribution in [3.63, 3.8) is 0 Å². The number of anilines is 1. The summed E-state index contributed by atoms with van der Waals surface area (Å²) in [6, 6.07) is 9.64. The first-order valence-electron chi connectivity index (χ1n) is 8.35. The van der Waals surface area contributed by atoms with Crippen LogP contribution in [0.15, 0.2) is 40.3 Å². The van der Waals surface area contributed by atoms with Crippen molar-refractivity contribution >= 4 is 33.4 Å². The average Bonchev–Trinajstić information content (AvgIpc) is 2.65. The number of rotatable bonds is 5. The fraction of sp³-hybridized carbons (Fsp3) is 0.278. The molecule has 1 aliphatic rings. The summed E-state index contributed by atoms with van der Waals surface area (Å²) in [4.78, 5) is 16.7. The molecule has 0 unspecified atom stereocenters. The number of nitrogens with two attached hydrogens (primary N) is 1. The largest absolute Gasteiger partial charge is 0.325 e. The van der Waals surface area contributed by atoms with E-state index in [1.807, 2.05) is 6.07 Å². The lowest BCUT2D eigenvalue weighted by atomic mass is 9.95. The van der Waals surface area contributed by atoms with E-state index in [4.69, 9.17) is 5.14 Å². The van der Waals surface area contributed by atoms with Gasteiger partial charge in [-0.05, 0) is 61.6 Å². The molecule has 1 aromatic carbocycles. The second-order valence-corrected chi connectivity index (χ2v) is 8.70. The molecule has 0 aliphatic heterocycles. The molecule has 27 heavy (non-hydrogen) atoms. The summed E-state index contributed by atoms with van der Waals surface area (Å²) in [5, 5.41) is 17.6. The molecule has 0 bridgehead atoms. The number of fused-ring (bicyclic) bond motifs is 1. The number of primary sulfonamides is 1. The molecule has 7 nitrogen and oxygen atoms in total. The minimum atomic E-state index is -3.77. The van der Waals surface area contributed by atoms with E-state index in [1.165, 1.54) is 36.0 Å². The number of hydrogen-bond acceptors (Lipinski definition) is 6. The van der Waals surface area contributed by atoms with Crippen molar-refractivity contribution in [3.8, 4) is 6.07 Å². The first kappa shape index (κ1) is 19.4. The molecule has 1 amide bonds. The normalized spacial score (nSPS) is 13.5. The van der Waals surface area contributed by atoms with Gasteiger partial charge in [0.1, 0.15) is 11.1 Å². The second kappa shape index (κ2) is 8.08. The molecule has 1 aromatic heterocycles. The number of pyridine rings is 1. The summed E-state index contributed by atoms with van der Waals surface area (Å²) in [6.45, 7) is 0. The Morgan fingerprint density at radius 1 is 1.26 bits per heavy atom. The predicted molar refractivity (Wildman–Crippen MR) is 103 cm³/mol. The highest BCUT2D eigenvalue weighted by molar-refractivity contribution is 8.00. The van der Waals surface area contributed by atoms with Gasteiger partial charge in [-0.3, -0.25) is 4.79 Å². The first-order valence-corrected chi connectivity index (χ1v) is 10.9. The van der Waals surface area contributed by atoms with Crippen molar-refractivity contribution in [2.24, 2.45) is 5.14 Å². The SMILES string of the molecule is N#Cc1cc2c(nc1SCC(=O)Nc1ccc(S(N)(=O)=O)cc1)CCCC2. The van der Waals surface area contributed by atoms with E-state index < -0.39 is 10.0 Å². The van der Waals surface area contributed by atoms with E-state index in [-0.39, 0.29) is 16.6 Å². The van der Waals surface area contributed by atoms with Gasteiger partial charge in [-0.25, -0.2) is 18.5 Å². The van der Waals surface area contributed by atoms with Gasteiger partial charge in [-0.2, -0.15) is 5.26 Å². The Kier molecular flexibility index (Phi) is 5.79. The molecule has 1 aliphatic carbocycles. The number of carbonyl (C=O) groups is 1. The summed E-state index contributed by atoms with van der Waals surface area (Å²) in [5.74, 6) is -0.177. The van der Waals surface area contributed by atoms with Gasteiger partial charge in [0, 0.05) is 11.4 Å². The van der Waals surface area contributed by atoms with E-state index in [1.54, 1.807) is 0 Å². The number of aryl methyl sites for hydroxylation is 2. The molecule has 1 heterocycles. The van der Waals surface area contributed by atoms with Crippen molar-refractivity contribution in [3.05, 3.63) is 47.2 Å². The highest BCUT2D eigenvalue weighted by Gasteiger charge is 2.16. The maximum atomic E-state index is 12.2. The monoisotopic (exact) mass is 402 g/mol. The Balaban J connectivity index is 1.65. The van der Waals surface area contributed by atoms with Crippen LogP contribution in [0.5, 0.6) is 0 Å². The van der Waals surface area contributed by atoms with E-state index in [0.29, 0.717) is 16.3 Å². The van der Waals surface area contributed by atoms with Gasteiger partial charge in [0.15, 0.2) is 0 Å². The molecule has 140 valence electrons. The summed E-state index contributed by atoms with van der Waals surface area (Å²) in [5.41, 5.74) is 3.10. The lowest BCUT2D eigenvalue weighted by molar-refractivity contribution is -0.113. The summed E-state index contributed by atoms with van der Waals surface area (Å²) >= 11 is 1.22. The van der Waals surface area contributed by atoms with Crippen molar-refractivity contribution in [1.29, 1.82) is 5.26 Å². The number of aromatic nitrogens is 1. The topological polar surface area (TPSA) is 126 Å². The van der Waals surface area contributed by atoms with Gasteiger partial charge < -0.3 is 5.32 Å². The van der Waals surface area contributed by atoms with Crippen LogP contribution in [0.2, 0.25) is 0 Å². The predicted octanol–water partition coefficient (Wildman–Crippen LogP) is 2.21. The Bertz CT molecular complexity index is 1010. The number of nitrogens with zero attached hydrogens (tertiary/aromatic N) is 2. The van der Waals surface area contributed by atoms with E-state index in [0.717, 1.165) is 36.9 Å². The number of sulfonamides is 1. The third kappa shape index (κ3) is 4.86. The third-order valence-corrected chi connectivity index (χ3v) is 6.11. The Morgan fingerprint density at radius 2 is 1.96 bits per heavy atom. The molecule has 9 heteroatoms. The summed E-state index contributed by atoms with van der Waals surface area (Å²) in [7, 11) is -3.77. The molecule has 3 N–H and O–H groups in total. The molecule has 0 radical (unpaired) electrons. The number of thioether (sulfide) groups is 1. The zero-order valence-electron chi connectivity index (χ0n) is 14.4. The van der Waals surface area contributed by atoms with Crippen LogP contribution in [-0.4, -0.2) is 25.1 Å². The van der Waals surface area contributed by atoms with Crippen LogP contribution in [0.25, 0.3) is 0 Å². The number of nitriles is 1. The third-order valence-electron chi connectivity index (χ3n) is 4.19. The maximum absolute atomic E-state index is 12.2. The number of carbonyl (C=O) groups excluding carboxylic acids is 1. The lowest BCUT2D eigenvalue weighted by Crippen LogP contribution is -2.15. The Hall–Kier alpha value is -2.41. The standard InChI is InChI=1S/C18H18N4O3S2/c19-10-13-9-12-3-1-2-4-16(12)22-18(13)26-11-17(23)21-14-5-7-15(8-6-14)27(20,24)25/h5-9H,1-4,11H2,(H,21,23)(H2,20,24,25). The fourth-order valence-corrected chi connectivity index (χ4v) is 4.15. The quantitative estimate of drug-likeness (QED) is 0.739. The first-order chi connectivity index (χ1) is 12.9. The van der Waals surface area contributed by atoms with Crippen LogP contribution in [0.1, 0.15) is 29.7 Å². The number of hydrogen-bond donors (Lipinski definition) is 2. The molecular formula is C18H18N4O3S2. The molecule has 0 fully saturated rings. The second-order valence-electron chi connectivity index (χ2n) is 6.17. The van der Waals surface area contributed by atoms with Crippen LogP contribution >= 0.6 is 11.8 Å². The highest BCUT2D eigenvalue weighted by Crippen LogP contribution is 2.27. The van der Waals surface area contributed by atoms with Gasteiger partial charge in [0.2, 0.25) is 15.9 Å². The summed E-state index contributed by atoms with van der Waals surface area (Å²) in [6.07, 6.45) is 4.04. The van der Waals surface area contributed by atoms with Crippen LogP contribution in [0.3, 0.4) is 0 Å². The van der Waals surface area contributed by atoms with Gasteiger partial charge in [-0.1, -0.05) is 11.8 Å². The molecule has 0 saturated heterocycles. The van der Waals surface area contributed by atoms with Crippen molar-refractivity contribution < 1.29 is 13.2 Å². The van der Waals surface area contributed by atoms with E-state index in [9.17, 15) is 18.5 Å². The molecule has 0 spiro atoms. The Labute approximate surface area is 162 Å². The van der Waals surface area contributed by atoms with Gasteiger partial charge in [0.25, 0.3) is 0 Å². The number of amides is 1. The van der Waals surface area contributed by atoms with Gasteiger partial charge in [0.05, 0.1) is 16.2 Å².